The van der Waals surface area contributed by atoms with E-state index in [0.717, 1.165) is 22.3 Å². The van der Waals surface area contributed by atoms with Crippen LogP contribution in [0.2, 0.25) is 0 Å². The van der Waals surface area contributed by atoms with Gasteiger partial charge < -0.3 is 4.74 Å². The van der Waals surface area contributed by atoms with Crippen molar-refractivity contribution < 1.29 is 14.3 Å². The van der Waals surface area contributed by atoms with Crippen LogP contribution in [0.5, 0.6) is 5.75 Å². The third-order valence-corrected chi connectivity index (χ3v) is 4.27. The van der Waals surface area contributed by atoms with Crippen molar-refractivity contribution in [2.75, 3.05) is 6.61 Å². The second kappa shape index (κ2) is 8.86. The summed E-state index contributed by atoms with van der Waals surface area (Å²) in [5.74, 6) is -0.207. The number of benzene rings is 3. The zero-order chi connectivity index (χ0) is 19.9. The first-order valence-electron chi connectivity index (χ1n) is 8.98. The van der Waals surface area contributed by atoms with Gasteiger partial charge >= 0.3 is 0 Å². The predicted molar refractivity (Wildman–Crippen MR) is 109 cm³/mol. The van der Waals surface area contributed by atoms with E-state index in [2.05, 4.69) is 10.9 Å². The summed E-state index contributed by atoms with van der Waals surface area (Å²) < 4.78 is 5.67. The maximum Gasteiger partial charge on any atom is 0.276 e. The Kier molecular flexibility index (Phi) is 6.07. The second-order valence-corrected chi connectivity index (χ2v) is 6.47. The van der Waals surface area contributed by atoms with E-state index in [1.54, 1.807) is 6.07 Å². The van der Waals surface area contributed by atoms with Gasteiger partial charge in [-0.2, -0.15) is 0 Å². The lowest BCUT2D eigenvalue weighted by atomic mass is 10.1. The lowest BCUT2D eigenvalue weighted by Crippen LogP contribution is -2.44. The minimum Gasteiger partial charge on any atom is -0.483 e. The number of hydrogen-bond acceptors (Lipinski definition) is 3. The Morgan fingerprint density at radius 1 is 0.857 bits per heavy atom. The highest BCUT2D eigenvalue weighted by Crippen LogP contribution is 2.29. The Labute approximate surface area is 164 Å². The number of para-hydroxylation sites is 1. The predicted octanol–water partition coefficient (Wildman–Crippen LogP) is 3.81. The quantitative estimate of drug-likeness (QED) is 0.668. The zero-order valence-corrected chi connectivity index (χ0v) is 15.9. The SMILES string of the molecule is Cc1ccc(C(=O)NNC(=O)COc2ccccc2-c2ccccc2)c(C)c1. The molecule has 2 N–H and O–H groups in total. The van der Waals surface area contributed by atoms with Gasteiger partial charge in [0.25, 0.3) is 11.8 Å². The van der Waals surface area contributed by atoms with Crippen molar-refractivity contribution in [3.8, 4) is 16.9 Å². The standard InChI is InChI=1S/C23H22N2O3/c1-16-12-13-19(17(2)14-16)23(27)25-24-22(26)15-28-21-11-7-6-10-20(21)18-8-4-3-5-9-18/h3-14H,15H2,1-2H3,(H,24,26)(H,25,27). The van der Waals surface area contributed by atoms with Crippen LogP contribution in [0.25, 0.3) is 11.1 Å². The molecule has 0 bridgehead atoms. The Hall–Kier alpha value is -3.60. The number of hydrazine groups is 1. The van der Waals surface area contributed by atoms with E-state index >= 15 is 0 Å². The third-order valence-electron chi connectivity index (χ3n) is 4.27. The van der Waals surface area contributed by atoms with Gasteiger partial charge in [-0.3, -0.25) is 20.4 Å². The maximum atomic E-state index is 12.2. The topological polar surface area (TPSA) is 67.4 Å². The average Bonchev–Trinajstić information content (AvgIpc) is 2.71. The number of aryl methyl sites for hydroxylation is 2. The largest absolute Gasteiger partial charge is 0.483 e. The number of amides is 2. The first kappa shape index (κ1) is 19.2. The number of rotatable bonds is 5. The molecule has 0 aliphatic heterocycles. The van der Waals surface area contributed by atoms with Crippen LogP contribution < -0.4 is 15.6 Å². The Morgan fingerprint density at radius 3 is 2.32 bits per heavy atom. The van der Waals surface area contributed by atoms with Gasteiger partial charge in [0.05, 0.1) is 0 Å². The van der Waals surface area contributed by atoms with Crippen LogP contribution in [0.4, 0.5) is 0 Å². The highest BCUT2D eigenvalue weighted by atomic mass is 16.5. The summed E-state index contributed by atoms with van der Waals surface area (Å²) in [4.78, 5) is 24.3. The van der Waals surface area contributed by atoms with Crippen LogP contribution in [0.15, 0.2) is 72.8 Å². The molecule has 2 amide bonds. The van der Waals surface area contributed by atoms with Crippen LogP contribution in [-0.2, 0) is 4.79 Å². The number of carbonyl (C=O) groups excluding carboxylic acids is 2. The van der Waals surface area contributed by atoms with Crippen molar-refractivity contribution in [3.63, 3.8) is 0 Å². The van der Waals surface area contributed by atoms with Crippen molar-refractivity contribution in [1.82, 2.24) is 10.9 Å². The number of ether oxygens (including phenoxy) is 1. The fraction of sp³-hybridized carbons (Fsp3) is 0.130. The van der Waals surface area contributed by atoms with Gasteiger partial charge in [-0.05, 0) is 37.1 Å². The Morgan fingerprint density at radius 2 is 1.57 bits per heavy atom. The van der Waals surface area contributed by atoms with Crippen molar-refractivity contribution in [2.45, 2.75) is 13.8 Å². The first-order chi connectivity index (χ1) is 13.5. The fourth-order valence-corrected chi connectivity index (χ4v) is 2.89. The van der Waals surface area contributed by atoms with Crippen molar-refractivity contribution in [1.29, 1.82) is 0 Å². The van der Waals surface area contributed by atoms with Gasteiger partial charge in [0.1, 0.15) is 5.75 Å². The van der Waals surface area contributed by atoms with Crippen molar-refractivity contribution >= 4 is 11.8 Å². The summed E-state index contributed by atoms with van der Waals surface area (Å²) in [6.07, 6.45) is 0. The molecule has 28 heavy (non-hydrogen) atoms. The minimum atomic E-state index is -0.444. The lowest BCUT2D eigenvalue weighted by Gasteiger charge is -2.13. The van der Waals surface area contributed by atoms with Crippen LogP contribution in [0.1, 0.15) is 21.5 Å². The molecule has 142 valence electrons. The molecule has 0 saturated heterocycles. The van der Waals surface area contributed by atoms with E-state index < -0.39 is 5.91 Å². The molecule has 0 fully saturated rings. The van der Waals surface area contributed by atoms with Gasteiger partial charge in [-0.15, -0.1) is 0 Å². The molecule has 0 saturated carbocycles. The van der Waals surface area contributed by atoms with Gasteiger partial charge in [0, 0.05) is 11.1 Å². The molecule has 0 atom stereocenters. The zero-order valence-electron chi connectivity index (χ0n) is 15.9. The van der Waals surface area contributed by atoms with Gasteiger partial charge in [0.15, 0.2) is 6.61 Å². The lowest BCUT2D eigenvalue weighted by molar-refractivity contribution is -0.123. The van der Waals surface area contributed by atoms with Crippen molar-refractivity contribution in [2.24, 2.45) is 0 Å². The normalized spacial score (nSPS) is 10.2. The highest BCUT2D eigenvalue weighted by Gasteiger charge is 2.11. The monoisotopic (exact) mass is 374 g/mol. The van der Waals surface area contributed by atoms with E-state index in [4.69, 9.17) is 4.74 Å². The average molecular weight is 374 g/mol. The van der Waals surface area contributed by atoms with Crippen LogP contribution in [0, 0.1) is 13.8 Å². The van der Waals surface area contributed by atoms with Crippen LogP contribution in [-0.4, -0.2) is 18.4 Å². The summed E-state index contributed by atoms with van der Waals surface area (Å²) in [7, 11) is 0. The van der Waals surface area contributed by atoms with Gasteiger partial charge in [-0.1, -0.05) is 66.2 Å². The van der Waals surface area contributed by atoms with Gasteiger partial charge in [0.2, 0.25) is 0 Å². The molecule has 0 aliphatic carbocycles. The summed E-state index contributed by atoms with van der Waals surface area (Å²) >= 11 is 0. The van der Waals surface area contributed by atoms with E-state index in [1.165, 1.54) is 0 Å². The molecule has 0 aromatic heterocycles. The second-order valence-electron chi connectivity index (χ2n) is 6.47. The molecule has 5 nitrogen and oxygen atoms in total. The minimum absolute atomic E-state index is 0.211. The fourth-order valence-electron chi connectivity index (χ4n) is 2.89. The molecule has 0 heterocycles. The molecule has 0 radical (unpaired) electrons. The van der Waals surface area contributed by atoms with Crippen molar-refractivity contribution in [3.05, 3.63) is 89.5 Å². The van der Waals surface area contributed by atoms with Gasteiger partial charge in [-0.25, -0.2) is 0 Å². The van der Waals surface area contributed by atoms with E-state index in [-0.39, 0.29) is 12.5 Å². The Bertz CT molecular complexity index is 984. The highest BCUT2D eigenvalue weighted by molar-refractivity contribution is 5.96. The summed E-state index contributed by atoms with van der Waals surface area (Å²) in [6.45, 7) is 3.60. The Balaban J connectivity index is 1.57. The van der Waals surface area contributed by atoms with Crippen LogP contribution >= 0.6 is 0 Å². The molecule has 3 aromatic rings. The summed E-state index contributed by atoms with van der Waals surface area (Å²) in [5, 5.41) is 0. The first-order valence-corrected chi connectivity index (χ1v) is 8.98. The number of hydrogen-bond donors (Lipinski definition) is 2. The number of carbonyl (C=O) groups is 2. The molecule has 0 aliphatic rings. The summed E-state index contributed by atoms with van der Waals surface area (Å²) in [5.41, 5.74) is 9.15. The molecule has 0 unspecified atom stereocenters. The van der Waals surface area contributed by atoms with E-state index in [9.17, 15) is 9.59 Å². The molecular weight excluding hydrogens is 352 g/mol. The molecular formula is C23H22N2O3. The van der Waals surface area contributed by atoms with Crippen LogP contribution in [0.3, 0.4) is 0 Å². The molecule has 3 rings (SSSR count). The number of nitrogens with one attached hydrogen (secondary N) is 2. The molecule has 3 aromatic carbocycles. The third kappa shape index (κ3) is 4.76. The smallest absolute Gasteiger partial charge is 0.276 e. The maximum absolute atomic E-state index is 12.2. The molecule has 5 heteroatoms. The molecule has 0 spiro atoms. The van der Waals surface area contributed by atoms with E-state index in [1.807, 2.05) is 80.6 Å². The van der Waals surface area contributed by atoms with E-state index in [0.29, 0.717) is 11.3 Å². The summed E-state index contributed by atoms with van der Waals surface area (Å²) in [6, 6.07) is 22.8.